The fourth-order valence-electron chi connectivity index (χ4n) is 4.52. The summed E-state index contributed by atoms with van der Waals surface area (Å²) in [5.74, 6) is -0.724. The van der Waals surface area contributed by atoms with Crippen LogP contribution in [-0.4, -0.2) is 41.5 Å². The molecule has 7 nitrogen and oxygen atoms in total. The van der Waals surface area contributed by atoms with E-state index in [-0.39, 0.29) is 18.4 Å². The maximum atomic E-state index is 14.1. The van der Waals surface area contributed by atoms with Crippen LogP contribution in [0.15, 0.2) is 36.4 Å². The van der Waals surface area contributed by atoms with Crippen molar-refractivity contribution in [2.75, 3.05) is 18.4 Å². The predicted molar refractivity (Wildman–Crippen MR) is 158 cm³/mol. The Kier molecular flexibility index (Phi) is 12.3. The Balaban J connectivity index is 2.47. The van der Waals surface area contributed by atoms with Crippen molar-refractivity contribution in [2.45, 2.75) is 92.2 Å². The van der Waals surface area contributed by atoms with Crippen LogP contribution >= 0.6 is 11.6 Å². The van der Waals surface area contributed by atoms with Crippen molar-refractivity contribution in [3.8, 4) is 0 Å². The third-order valence-corrected chi connectivity index (χ3v) is 6.77. The zero-order valence-electron chi connectivity index (χ0n) is 24.4. The highest BCUT2D eigenvalue weighted by molar-refractivity contribution is 6.34. The van der Waals surface area contributed by atoms with Crippen molar-refractivity contribution in [1.29, 1.82) is 0 Å². The second-order valence-electron chi connectivity index (χ2n) is 11.0. The standard InChI is InChI=1S/C31H44ClN3O4/c1-8-9-10-11-12-19-35(25(36)20-33-30(38)39-31(5,6)7)28(26-21(2)15-13-16-22(26)3)29(37)34-27-23(4)17-14-18-24(27)32/h13-18,28H,8-12,19-20H2,1-7H3,(H,33,38)(H,34,37). The maximum Gasteiger partial charge on any atom is 0.408 e. The van der Waals surface area contributed by atoms with E-state index < -0.39 is 17.7 Å². The molecule has 0 spiro atoms. The summed E-state index contributed by atoms with van der Waals surface area (Å²) in [6, 6.07) is 10.3. The topological polar surface area (TPSA) is 87.7 Å². The molecule has 0 aliphatic carbocycles. The molecule has 39 heavy (non-hydrogen) atoms. The molecule has 0 bridgehead atoms. The van der Waals surface area contributed by atoms with E-state index in [1.807, 2.05) is 51.1 Å². The van der Waals surface area contributed by atoms with Gasteiger partial charge in [0.2, 0.25) is 5.91 Å². The molecule has 0 radical (unpaired) electrons. The zero-order valence-corrected chi connectivity index (χ0v) is 25.2. The fraction of sp³-hybridized carbons (Fsp3) is 0.516. The second kappa shape index (κ2) is 14.9. The summed E-state index contributed by atoms with van der Waals surface area (Å²) in [5.41, 5.74) is 3.20. The van der Waals surface area contributed by atoms with Gasteiger partial charge in [-0.15, -0.1) is 0 Å². The number of hydrogen-bond donors (Lipinski definition) is 2. The smallest absolute Gasteiger partial charge is 0.408 e. The fourth-order valence-corrected chi connectivity index (χ4v) is 4.78. The number of hydrogen-bond acceptors (Lipinski definition) is 4. The van der Waals surface area contributed by atoms with E-state index in [4.69, 9.17) is 16.3 Å². The third-order valence-electron chi connectivity index (χ3n) is 6.45. The SMILES string of the molecule is CCCCCCCN(C(=O)CNC(=O)OC(C)(C)C)C(C(=O)Nc1c(C)cccc1Cl)c1c(C)cccc1C. The minimum Gasteiger partial charge on any atom is -0.444 e. The van der Waals surface area contributed by atoms with Gasteiger partial charge in [-0.2, -0.15) is 0 Å². The summed E-state index contributed by atoms with van der Waals surface area (Å²) >= 11 is 6.44. The quantitative estimate of drug-likeness (QED) is 0.269. The molecule has 1 unspecified atom stereocenters. The Morgan fingerprint density at radius 2 is 1.51 bits per heavy atom. The number of unbranched alkanes of at least 4 members (excludes halogenated alkanes) is 4. The van der Waals surface area contributed by atoms with Gasteiger partial charge in [0.15, 0.2) is 0 Å². The van der Waals surface area contributed by atoms with Crippen LogP contribution in [0.4, 0.5) is 10.5 Å². The van der Waals surface area contributed by atoms with E-state index in [0.29, 0.717) is 17.3 Å². The predicted octanol–water partition coefficient (Wildman–Crippen LogP) is 7.27. The highest BCUT2D eigenvalue weighted by Crippen LogP contribution is 2.32. The van der Waals surface area contributed by atoms with Crippen molar-refractivity contribution >= 4 is 35.2 Å². The molecule has 0 heterocycles. The lowest BCUT2D eigenvalue weighted by atomic mass is 9.93. The van der Waals surface area contributed by atoms with Gasteiger partial charge in [0.25, 0.3) is 5.91 Å². The number of aryl methyl sites for hydroxylation is 3. The molecule has 0 saturated heterocycles. The number of amides is 3. The van der Waals surface area contributed by atoms with Gasteiger partial charge in [0.05, 0.1) is 10.7 Å². The third kappa shape index (κ3) is 9.88. The summed E-state index contributed by atoms with van der Waals surface area (Å²) in [6.45, 7) is 13.3. The van der Waals surface area contributed by atoms with Crippen LogP contribution in [0.1, 0.15) is 88.1 Å². The van der Waals surface area contributed by atoms with E-state index in [2.05, 4.69) is 17.6 Å². The van der Waals surface area contributed by atoms with Gasteiger partial charge in [-0.1, -0.05) is 74.5 Å². The monoisotopic (exact) mass is 557 g/mol. The second-order valence-corrected chi connectivity index (χ2v) is 11.4. The number of ether oxygens (including phenoxy) is 1. The first-order chi connectivity index (χ1) is 18.4. The largest absolute Gasteiger partial charge is 0.444 e. The van der Waals surface area contributed by atoms with Crippen LogP contribution in [0, 0.1) is 20.8 Å². The number of carbonyl (C=O) groups excluding carboxylic acids is 3. The van der Waals surface area contributed by atoms with Gasteiger partial charge < -0.3 is 20.3 Å². The van der Waals surface area contributed by atoms with Crippen LogP contribution in [0.3, 0.4) is 0 Å². The summed E-state index contributed by atoms with van der Waals surface area (Å²) in [5, 5.41) is 5.99. The van der Waals surface area contributed by atoms with Crippen LogP contribution in [0.2, 0.25) is 5.02 Å². The number of carbonyl (C=O) groups is 3. The first-order valence-electron chi connectivity index (χ1n) is 13.7. The molecule has 0 aromatic heterocycles. The number of benzene rings is 2. The molecule has 2 aromatic rings. The number of para-hydroxylation sites is 1. The minimum absolute atomic E-state index is 0.288. The van der Waals surface area contributed by atoms with Gasteiger partial charge in [0.1, 0.15) is 18.2 Å². The van der Waals surface area contributed by atoms with E-state index >= 15 is 0 Å². The lowest BCUT2D eigenvalue weighted by molar-refractivity contribution is -0.138. The van der Waals surface area contributed by atoms with Gasteiger partial charge in [-0.3, -0.25) is 9.59 Å². The molecule has 0 aliphatic rings. The normalized spacial score (nSPS) is 12.0. The average molecular weight is 558 g/mol. The Morgan fingerprint density at radius 1 is 0.923 bits per heavy atom. The number of halogens is 1. The first-order valence-corrected chi connectivity index (χ1v) is 14.1. The number of anilines is 1. The molecule has 0 fully saturated rings. The Hall–Kier alpha value is -3.06. The van der Waals surface area contributed by atoms with Gasteiger partial charge in [0, 0.05) is 6.54 Å². The number of alkyl carbamates (subject to hydrolysis) is 1. The molecule has 2 aromatic carbocycles. The molecule has 2 rings (SSSR count). The minimum atomic E-state index is -0.916. The molecule has 0 saturated carbocycles. The number of nitrogens with one attached hydrogen (secondary N) is 2. The van der Waals surface area contributed by atoms with Crippen LogP contribution in [0.25, 0.3) is 0 Å². The Labute approximate surface area is 238 Å². The van der Waals surface area contributed by atoms with Gasteiger partial charge >= 0.3 is 6.09 Å². The lowest BCUT2D eigenvalue weighted by Crippen LogP contribution is -2.47. The maximum absolute atomic E-state index is 14.1. The molecule has 1 atom stereocenters. The summed E-state index contributed by atoms with van der Waals surface area (Å²) in [4.78, 5) is 41.7. The Bertz CT molecular complexity index is 1100. The van der Waals surface area contributed by atoms with Gasteiger partial charge in [-0.25, -0.2) is 4.79 Å². The molecule has 8 heteroatoms. The lowest BCUT2D eigenvalue weighted by Gasteiger charge is -2.33. The summed E-state index contributed by atoms with van der Waals surface area (Å²) in [6.07, 6.45) is 4.25. The van der Waals surface area contributed by atoms with Gasteiger partial charge in [-0.05, 0) is 76.3 Å². The number of rotatable bonds is 12. The Morgan fingerprint density at radius 3 is 2.10 bits per heavy atom. The highest BCUT2D eigenvalue weighted by Gasteiger charge is 2.34. The van der Waals surface area contributed by atoms with E-state index in [1.54, 1.807) is 31.7 Å². The molecule has 2 N–H and O–H groups in total. The van der Waals surface area contributed by atoms with Crippen molar-refractivity contribution in [1.82, 2.24) is 10.2 Å². The first kappa shape index (κ1) is 32.2. The van der Waals surface area contributed by atoms with Crippen molar-refractivity contribution in [2.24, 2.45) is 0 Å². The molecule has 3 amide bonds. The zero-order chi connectivity index (χ0) is 29.2. The van der Waals surface area contributed by atoms with E-state index in [9.17, 15) is 14.4 Å². The molecule has 0 aliphatic heterocycles. The molecule has 214 valence electrons. The summed E-state index contributed by atoms with van der Waals surface area (Å²) < 4.78 is 5.31. The van der Waals surface area contributed by atoms with Crippen molar-refractivity contribution in [3.05, 3.63) is 63.7 Å². The highest BCUT2D eigenvalue weighted by atomic mass is 35.5. The molecular formula is C31H44ClN3O4. The van der Waals surface area contributed by atoms with Crippen molar-refractivity contribution in [3.63, 3.8) is 0 Å². The van der Waals surface area contributed by atoms with Crippen LogP contribution in [-0.2, 0) is 14.3 Å². The average Bonchev–Trinajstić information content (AvgIpc) is 2.84. The van der Waals surface area contributed by atoms with E-state index in [1.165, 1.54) is 0 Å². The van der Waals surface area contributed by atoms with E-state index in [0.717, 1.165) is 54.4 Å². The molecular weight excluding hydrogens is 514 g/mol. The van der Waals surface area contributed by atoms with Crippen LogP contribution < -0.4 is 10.6 Å². The van der Waals surface area contributed by atoms with Crippen molar-refractivity contribution < 1.29 is 19.1 Å². The number of nitrogens with zero attached hydrogens (tertiary/aromatic N) is 1. The summed E-state index contributed by atoms with van der Waals surface area (Å²) in [7, 11) is 0. The van der Waals surface area contributed by atoms with Crippen LogP contribution in [0.5, 0.6) is 0 Å².